The van der Waals surface area contributed by atoms with Gasteiger partial charge in [-0.2, -0.15) is 8.78 Å². The lowest BCUT2D eigenvalue weighted by molar-refractivity contribution is -0.121. The van der Waals surface area contributed by atoms with E-state index < -0.39 is 18.5 Å². The van der Waals surface area contributed by atoms with Gasteiger partial charge in [0.2, 0.25) is 5.91 Å². The Hall–Kier alpha value is -2.22. The Balaban J connectivity index is 1.73. The van der Waals surface area contributed by atoms with Crippen molar-refractivity contribution in [1.29, 1.82) is 0 Å². The average Bonchev–Trinajstić information content (AvgIpc) is 2.58. The van der Waals surface area contributed by atoms with Crippen LogP contribution in [0.1, 0.15) is 38.2 Å². The van der Waals surface area contributed by atoms with Gasteiger partial charge in [-0.1, -0.05) is 31.9 Å². The summed E-state index contributed by atoms with van der Waals surface area (Å²) in [7, 11) is 1.74. The predicted octanol–water partition coefficient (Wildman–Crippen LogP) is 3.12. The summed E-state index contributed by atoms with van der Waals surface area (Å²) in [6, 6.07) is 5.87. The third-order valence-electron chi connectivity index (χ3n) is 4.70. The van der Waals surface area contributed by atoms with E-state index in [1.807, 2.05) is 0 Å². The fourth-order valence-electron chi connectivity index (χ4n) is 3.29. The second-order valence-electron chi connectivity index (χ2n) is 7.08. The van der Waals surface area contributed by atoms with Crippen LogP contribution in [-0.4, -0.2) is 43.1 Å². The summed E-state index contributed by atoms with van der Waals surface area (Å²) in [5, 5.41) is 5.24. The molecule has 1 saturated carbocycles. The van der Waals surface area contributed by atoms with Crippen molar-refractivity contribution >= 4 is 11.9 Å². The molecule has 0 radical (unpaired) electrons. The van der Waals surface area contributed by atoms with E-state index in [1.54, 1.807) is 24.1 Å². The zero-order valence-corrected chi connectivity index (χ0v) is 15.7. The van der Waals surface area contributed by atoms with Gasteiger partial charge in [-0.25, -0.2) is 4.79 Å². The number of carbonyl (C=O) groups excluding carboxylic acids is 2. The molecule has 0 aromatic heterocycles. The quantitative estimate of drug-likeness (QED) is 0.759. The molecule has 2 unspecified atom stereocenters. The number of benzene rings is 1. The number of hydrogen-bond donors (Lipinski definition) is 2. The summed E-state index contributed by atoms with van der Waals surface area (Å²) >= 11 is 0. The first kappa shape index (κ1) is 21.1. The Morgan fingerprint density at radius 1 is 1.22 bits per heavy atom. The molecular formula is C19H27F2N3O3. The molecule has 8 heteroatoms. The average molecular weight is 383 g/mol. The van der Waals surface area contributed by atoms with Crippen LogP contribution < -0.4 is 15.4 Å². The van der Waals surface area contributed by atoms with Crippen molar-refractivity contribution in [1.82, 2.24) is 15.5 Å². The molecule has 1 aromatic carbocycles. The zero-order valence-electron chi connectivity index (χ0n) is 15.7. The van der Waals surface area contributed by atoms with Crippen LogP contribution in [0.2, 0.25) is 0 Å². The first-order valence-electron chi connectivity index (χ1n) is 9.16. The van der Waals surface area contributed by atoms with Crippen molar-refractivity contribution in [3.63, 3.8) is 0 Å². The summed E-state index contributed by atoms with van der Waals surface area (Å²) in [5.74, 6) is 0.109. The van der Waals surface area contributed by atoms with Gasteiger partial charge in [0.15, 0.2) is 0 Å². The number of hydrogen-bond acceptors (Lipinski definition) is 4. The van der Waals surface area contributed by atoms with Gasteiger partial charge in [0.1, 0.15) is 5.75 Å². The molecule has 2 rings (SSSR count). The number of amides is 3. The smallest absolute Gasteiger partial charge is 0.387 e. The maximum Gasteiger partial charge on any atom is 0.387 e. The van der Waals surface area contributed by atoms with Gasteiger partial charge in [-0.15, -0.1) is 0 Å². The Bertz CT molecular complexity index is 625. The van der Waals surface area contributed by atoms with E-state index in [0.717, 1.165) is 24.8 Å². The molecule has 0 heterocycles. The van der Waals surface area contributed by atoms with Gasteiger partial charge in [0.25, 0.3) is 0 Å². The molecule has 3 amide bonds. The maximum absolute atomic E-state index is 12.1. The lowest BCUT2D eigenvalue weighted by Gasteiger charge is -2.29. The molecule has 1 aromatic rings. The van der Waals surface area contributed by atoms with Gasteiger partial charge in [-0.3, -0.25) is 15.0 Å². The summed E-state index contributed by atoms with van der Waals surface area (Å²) in [6.07, 6.45) is 4.30. The van der Waals surface area contributed by atoms with Crippen LogP contribution in [0.15, 0.2) is 24.3 Å². The van der Waals surface area contributed by atoms with Gasteiger partial charge in [0.05, 0.1) is 6.54 Å². The standard InChI is InChI=1S/C19H27F2N3O3/c1-13-5-3-4-6-16(13)22-19(26)23-17(25)12-24(2)11-14-7-9-15(10-8-14)27-18(20)21/h7-10,13,16,18H,3-6,11-12H2,1-2H3,(H2,22,23,25,26). The number of nitrogens with zero attached hydrogens (tertiary/aromatic N) is 1. The molecule has 1 fully saturated rings. The van der Waals surface area contributed by atoms with Crippen LogP contribution in [-0.2, 0) is 11.3 Å². The van der Waals surface area contributed by atoms with Crippen LogP contribution in [0.3, 0.4) is 0 Å². The van der Waals surface area contributed by atoms with E-state index in [0.29, 0.717) is 12.5 Å². The molecule has 6 nitrogen and oxygen atoms in total. The van der Waals surface area contributed by atoms with Crippen LogP contribution in [0.4, 0.5) is 13.6 Å². The molecule has 0 saturated heterocycles. The molecular weight excluding hydrogens is 356 g/mol. The third-order valence-corrected chi connectivity index (χ3v) is 4.70. The highest BCUT2D eigenvalue weighted by molar-refractivity contribution is 5.95. The van der Waals surface area contributed by atoms with Crippen molar-refractivity contribution in [3.8, 4) is 5.75 Å². The third kappa shape index (κ3) is 7.50. The van der Waals surface area contributed by atoms with E-state index in [1.165, 1.54) is 18.6 Å². The highest BCUT2D eigenvalue weighted by Crippen LogP contribution is 2.23. The molecule has 1 aliphatic carbocycles. The number of ether oxygens (including phenoxy) is 1. The molecule has 2 atom stereocenters. The van der Waals surface area contributed by atoms with Gasteiger partial charge in [0, 0.05) is 12.6 Å². The fraction of sp³-hybridized carbons (Fsp3) is 0.579. The lowest BCUT2D eigenvalue weighted by Crippen LogP contribution is -2.49. The van der Waals surface area contributed by atoms with Crippen LogP contribution in [0, 0.1) is 5.92 Å². The van der Waals surface area contributed by atoms with E-state index in [9.17, 15) is 18.4 Å². The number of alkyl halides is 2. The molecule has 1 aliphatic rings. The van der Waals surface area contributed by atoms with Crippen molar-refractivity contribution in [2.24, 2.45) is 5.92 Å². The minimum absolute atomic E-state index is 0.0446. The number of likely N-dealkylation sites (N-methyl/N-ethyl adjacent to an activating group) is 1. The number of carbonyl (C=O) groups is 2. The van der Waals surface area contributed by atoms with Crippen molar-refractivity contribution < 1.29 is 23.1 Å². The first-order valence-corrected chi connectivity index (χ1v) is 9.16. The van der Waals surface area contributed by atoms with Gasteiger partial charge >= 0.3 is 12.6 Å². The predicted molar refractivity (Wildman–Crippen MR) is 97.5 cm³/mol. The first-order chi connectivity index (χ1) is 12.8. The Morgan fingerprint density at radius 3 is 2.52 bits per heavy atom. The SMILES string of the molecule is CC1CCCCC1NC(=O)NC(=O)CN(C)Cc1ccc(OC(F)F)cc1. The van der Waals surface area contributed by atoms with Crippen LogP contribution in [0.25, 0.3) is 0 Å². The van der Waals surface area contributed by atoms with Gasteiger partial charge < -0.3 is 10.1 Å². The van der Waals surface area contributed by atoms with Gasteiger partial charge in [-0.05, 0) is 43.5 Å². The second kappa shape index (κ2) is 10.2. The Kier molecular flexibility index (Phi) is 7.97. The zero-order chi connectivity index (χ0) is 19.8. The molecule has 150 valence electrons. The van der Waals surface area contributed by atoms with E-state index in [2.05, 4.69) is 22.3 Å². The summed E-state index contributed by atoms with van der Waals surface area (Å²) < 4.78 is 28.6. The van der Waals surface area contributed by atoms with E-state index >= 15 is 0 Å². The normalized spacial score (nSPS) is 19.8. The minimum atomic E-state index is -2.86. The lowest BCUT2D eigenvalue weighted by atomic mass is 9.86. The number of nitrogens with one attached hydrogen (secondary N) is 2. The molecule has 0 spiro atoms. The summed E-state index contributed by atoms with van der Waals surface area (Å²) in [4.78, 5) is 25.8. The second-order valence-corrected chi connectivity index (χ2v) is 7.08. The number of imide groups is 1. The highest BCUT2D eigenvalue weighted by Gasteiger charge is 2.23. The molecule has 0 bridgehead atoms. The van der Waals surface area contributed by atoms with Crippen molar-refractivity contribution in [3.05, 3.63) is 29.8 Å². The van der Waals surface area contributed by atoms with Crippen LogP contribution >= 0.6 is 0 Å². The Labute approximate surface area is 158 Å². The number of halogens is 2. The number of urea groups is 1. The van der Waals surface area contributed by atoms with Crippen molar-refractivity contribution in [2.45, 2.75) is 51.8 Å². The largest absolute Gasteiger partial charge is 0.435 e. The number of rotatable bonds is 7. The van der Waals surface area contributed by atoms with Crippen molar-refractivity contribution in [2.75, 3.05) is 13.6 Å². The molecule has 2 N–H and O–H groups in total. The maximum atomic E-state index is 12.1. The van der Waals surface area contributed by atoms with E-state index in [4.69, 9.17) is 0 Å². The fourth-order valence-corrected chi connectivity index (χ4v) is 3.29. The van der Waals surface area contributed by atoms with E-state index in [-0.39, 0.29) is 18.3 Å². The van der Waals surface area contributed by atoms with Crippen LogP contribution in [0.5, 0.6) is 5.75 Å². The molecule has 0 aliphatic heterocycles. The summed E-state index contributed by atoms with van der Waals surface area (Å²) in [5.41, 5.74) is 0.840. The minimum Gasteiger partial charge on any atom is -0.435 e. The Morgan fingerprint density at radius 2 is 1.89 bits per heavy atom. The highest BCUT2D eigenvalue weighted by atomic mass is 19.3. The topological polar surface area (TPSA) is 70.7 Å². The summed E-state index contributed by atoms with van der Waals surface area (Å²) in [6.45, 7) is -0.269. The monoisotopic (exact) mass is 383 g/mol. The molecule has 27 heavy (non-hydrogen) atoms.